The molecule has 4 aliphatic rings. The summed E-state index contributed by atoms with van der Waals surface area (Å²) in [5.41, 5.74) is 7.62. The van der Waals surface area contributed by atoms with Crippen LogP contribution in [0.5, 0.6) is 0 Å². The molecule has 3 aliphatic carbocycles. The monoisotopic (exact) mass is 522 g/mol. The summed E-state index contributed by atoms with van der Waals surface area (Å²) >= 11 is 8.00. The average molecular weight is 524 g/mol. The summed E-state index contributed by atoms with van der Waals surface area (Å²) in [6.07, 6.45) is 0. The molecule has 0 aromatic heterocycles. The van der Waals surface area contributed by atoms with E-state index < -0.39 is 20.5 Å². The van der Waals surface area contributed by atoms with Gasteiger partial charge in [-0.1, -0.05) is 98.6 Å². The number of carbonyl (C=O) groups is 2. The van der Waals surface area contributed by atoms with E-state index in [2.05, 4.69) is 49.4 Å². The molecule has 30 heavy (non-hydrogen) atoms. The molecule has 2 atom stereocenters. The van der Waals surface area contributed by atoms with Gasteiger partial charge in [0.1, 0.15) is 0 Å². The summed E-state index contributed by atoms with van der Waals surface area (Å²) in [5.74, 6) is -1.49. The third-order valence-electron chi connectivity index (χ3n) is 6.62. The average Bonchev–Trinajstić information content (AvgIpc) is 2.79. The smallest absolute Gasteiger partial charge is 0.251 e. The molecule has 2 bridgehead atoms. The van der Waals surface area contributed by atoms with Crippen molar-refractivity contribution in [1.82, 2.24) is 5.43 Å². The Bertz CT molecular complexity index is 1180. The summed E-state index contributed by atoms with van der Waals surface area (Å²) in [4.78, 5) is 27.5. The fraction of sp³-hybridized carbons (Fsp3) is 0.167. The lowest BCUT2D eigenvalue weighted by molar-refractivity contribution is -0.143. The van der Waals surface area contributed by atoms with Crippen molar-refractivity contribution in [2.45, 2.75) is 8.65 Å². The number of alkyl halides is 2. The Kier molecular flexibility index (Phi) is 3.70. The van der Waals surface area contributed by atoms with Crippen LogP contribution in [-0.4, -0.2) is 11.8 Å². The van der Waals surface area contributed by atoms with Gasteiger partial charge in [0, 0.05) is 0 Å². The molecule has 0 unspecified atom stereocenters. The first-order valence-electron chi connectivity index (χ1n) is 9.76. The maximum Gasteiger partial charge on any atom is 0.251 e. The fourth-order valence-electron chi connectivity index (χ4n) is 5.44. The molecule has 1 saturated heterocycles. The summed E-state index contributed by atoms with van der Waals surface area (Å²) < 4.78 is -1.56. The van der Waals surface area contributed by atoms with Crippen LogP contribution < -0.4 is 10.4 Å². The van der Waals surface area contributed by atoms with Crippen molar-refractivity contribution < 1.29 is 9.59 Å². The molecule has 1 aliphatic heterocycles. The van der Waals surface area contributed by atoms with Crippen molar-refractivity contribution in [3.8, 4) is 0 Å². The highest BCUT2D eigenvalue weighted by Gasteiger charge is 2.70. The Labute approximate surface area is 190 Å². The van der Waals surface area contributed by atoms with Crippen molar-refractivity contribution in [3.63, 3.8) is 0 Å². The van der Waals surface area contributed by atoms with Gasteiger partial charge in [0.25, 0.3) is 5.91 Å². The maximum atomic E-state index is 13.9. The molecule has 2 amide bonds. The van der Waals surface area contributed by atoms with Gasteiger partial charge < -0.3 is 0 Å². The van der Waals surface area contributed by atoms with Crippen molar-refractivity contribution in [3.05, 3.63) is 101 Å². The Morgan fingerprint density at radius 2 is 1.10 bits per heavy atom. The van der Waals surface area contributed by atoms with E-state index in [1.165, 1.54) is 5.01 Å². The number of anilines is 1. The number of benzene rings is 3. The minimum Gasteiger partial charge on any atom is -0.273 e. The number of nitrogens with zero attached hydrogens (tertiary/aromatic N) is 1. The van der Waals surface area contributed by atoms with E-state index in [-0.39, 0.29) is 11.8 Å². The van der Waals surface area contributed by atoms with Crippen molar-refractivity contribution in [2.24, 2.45) is 11.8 Å². The number of para-hydroxylation sites is 1. The largest absolute Gasteiger partial charge is 0.273 e. The number of hydrogen-bond acceptors (Lipinski definition) is 2. The third kappa shape index (κ3) is 2.01. The lowest BCUT2D eigenvalue weighted by Gasteiger charge is -2.60. The molecule has 6 heteroatoms. The van der Waals surface area contributed by atoms with Crippen LogP contribution in [-0.2, 0) is 18.2 Å². The van der Waals surface area contributed by atoms with Crippen molar-refractivity contribution in [1.29, 1.82) is 0 Å². The van der Waals surface area contributed by atoms with Gasteiger partial charge in [-0.05, 0) is 34.4 Å². The molecule has 4 nitrogen and oxygen atoms in total. The zero-order valence-corrected chi connectivity index (χ0v) is 18.9. The second kappa shape index (κ2) is 6.05. The quantitative estimate of drug-likeness (QED) is 0.474. The molecule has 3 aromatic rings. The van der Waals surface area contributed by atoms with Gasteiger partial charge in [0.15, 0.2) is 0 Å². The van der Waals surface area contributed by atoms with E-state index >= 15 is 0 Å². The van der Waals surface area contributed by atoms with E-state index in [1.807, 2.05) is 66.7 Å². The molecule has 7 rings (SSSR count). The van der Waals surface area contributed by atoms with Crippen LogP contribution in [0, 0.1) is 11.8 Å². The molecule has 0 radical (unpaired) electrons. The van der Waals surface area contributed by atoms with Crippen molar-refractivity contribution in [2.75, 3.05) is 5.01 Å². The summed E-state index contributed by atoms with van der Waals surface area (Å²) in [7, 11) is 0. The Hall–Kier alpha value is -2.44. The molecule has 1 fully saturated rings. The normalized spacial score (nSPS) is 30.9. The van der Waals surface area contributed by atoms with E-state index in [9.17, 15) is 9.59 Å². The van der Waals surface area contributed by atoms with Crippen LogP contribution in [0.2, 0.25) is 0 Å². The molecule has 0 saturated carbocycles. The first kappa shape index (κ1) is 18.3. The number of amides is 2. The number of halogens is 2. The molecule has 148 valence electrons. The molecule has 0 spiro atoms. The van der Waals surface area contributed by atoms with Crippen LogP contribution in [0.1, 0.15) is 22.3 Å². The first-order valence-corrected chi connectivity index (χ1v) is 11.3. The maximum absolute atomic E-state index is 13.9. The van der Waals surface area contributed by atoms with E-state index in [0.29, 0.717) is 5.69 Å². The second-order valence-electron chi connectivity index (χ2n) is 7.96. The molecular formula is C24H16Br2N2O2. The number of carbonyl (C=O) groups excluding carboxylic acids is 2. The number of hydrazine groups is 1. The van der Waals surface area contributed by atoms with Gasteiger partial charge >= 0.3 is 0 Å². The van der Waals surface area contributed by atoms with Gasteiger partial charge in [0.2, 0.25) is 5.91 Å². The highest BCUT2D eigenvalue weighted by molar-refractivity contribution is 9.10. The van der Waals surface area contributed by atoms with Gasteiger partial charge in [-0.3, -0.25) is 15.0 Å². The van der Waals surface area contributed by atoms with E-state index in [0.717, 1.165) is 22.3 Å². The topological polar surface area (TPSA) is 49.4 Å². The predicted molar refractivity (Wildman–Crippen MR) is 121 cm³/mol. The minimum atomic E-state index is -0.789. The van der Waals surface area contributed by atoms with Gasteiger partial charge in [-0.25, -0.2) is 5.01 Å². The van der Waals surface area contributed by atoms with Gasteiger partial charge in [0.05, 0.1) is 26.2 Å². The van der Waals surface area contributed by atoms with Gasteiger partial charge in [-0.15, -0.1) is 0 Å². The molecule has 1 heterocycles. The zero-order chi connectivity index (χ0) is 20.7. The van der Waals surface area contributed by atoms with Gasteiger partial charge in [-0.2, -0.15) is 0 Å². The predicted octanol–water partition coefficient (Wildman–Crippen LogP) is 4.60. The Morgan fingerprint density at radius 3 is 1.60 bits per heavy atom. The Morgan fingerprint density at radius 1 is 0.667 bits per heavy atom. The van der Waals surface area contributed by atoms with Crippen LogP contribution in [0.25, 0.3) is 0 Å². The summed E-state index contributed by atoms with van der Waals surface area (Å²) in [6, 6.07) is 25.4. The van der Waals surface area contributed by atoms with Crippen LogP contribution in [0.3, 0.4) is 0 Å². The highest BCUT2D eigenvalue weighted by atomic mass is 79.9. The summed E-state index contributed by atoms with van der Waals surface area (Å²) in [5, 5.41) is 1.40. The fourth-order valence-corrected chi connectivity index (χ4v) is 7.76. The van der Waals surface area contributed by atoms with E-state index in [1.54, 1.807) is 0 Å². The number of hydrogen-bond donors (Lipinski definition) is 1. The molecule has 1 N–H and O–H groups in total. The SMILES string of the molecule is O=C1NN(c2ccccc2)C(=O)[C@H]2[C@H]1C1(Br)c3ccccc3C2(Br)c2ccccc21. The molecule has 3 aromatic carbocycles. The minimum absolute atomic E-state index is 0.129. The Balaban J connectivity index is 1.66. The highest BCUT2D eigenvalue weighted by Crippen LogP contribution is 2.69. The number of rotatable bonds is 1. The summed E-state index contributed by atoms with van der Waals surface area (Å²) in [6.45, 7) is 0. The zero-order valence-electron chi connectivity index (χ0n) is 15.7. The number of nitrogens with one attached hydrogen (secondary N) is 1. The first-order chi connectivity index (χ1) is 14.5. The molecular weight excluding hydrogens is 508 g/mol. The lowest BCUT2D eigenvalue weighted by Crippen LogP contribution is -2.70. The second-order valence-corrected chi connectivity index (χ2v) is 10.5. The van der Waals surface area contributed by atoms with Crippen LogP contribution in [0.15, 0.2) is 78.9 Å². The third-order valence-corrected chi connectivity index (χ3v) is 9.31. The van der Waals surface area contributed by atoms with Crippen molar-refractivity contribution >= 4 is 49.4 Å². The van der Waals surface area contributed by atoms with E-state index in [4.69, 9.17) is 0 Å². The standard InChI is InChI=1S/C24H16Br2N2O2/c25-23-15-10-4-6-12-17(15)24(26,18-13-7-5-11-16(18)23)20-19(23)21(29)27-28(22(20)30)14-8-2-1-3-9-14/h1-13,19-20H,(H,27,29)/t19-,20-,23?,24?/m1/s1. The van der Waals surface area contributed by atoms with Crippen LogP contribution >= 0.6 is 31.9 Å². The lowest BCUT2D eigenvalue weighted by atomic mass is 9.53. The van der Waals surface area contributed by atoms with Crippen LogP contribution in [0.4, 0.5) is 5.69 Å².